The Morgan fingerprint density at radius 1 is 1.19 bits per heavy atom. The Hall–Kier alpha value is -2.40. The normalized spacial score (nSPS) is 13.4. The first-order valence-corrected chi connectivity index (χ1v) is 6.75. The van der Waals surface area contributed by atoms with Crippen LogP contribution in [0.1, 0.15) is 23.0 Å². The summed E-state index contributed by atoms with van der Waals surface area (Å²) in [6.07, 6.45) is -0.0733. The van der Waals surface area contributed by atoms with Crippen molar-refractivity contribution in [2.24, 2.45) is 0 Å². The van der Waals surface area contributed by atoms with E-state index in [4.69, 9.17) is 5.11 Å². The monoisotopic (exact) mass is 286 g/mol. The lowest BCUT2D eigenvalue weighted by Gasteiger charge is -2.21. The molecule has 2 aromatic rings. The van der Waals surface area contributed by atoms with Crippen molar-refractivity contribution < 1.29 is 15.0 Å². The Bertz CT molecular complexity index is 601. The topological polar surface area (TPSA) is 82.5 Å². The molecule has 1 aromatic carbocycles. The van der Waals surface area contributed by atoms with Crippen LogP contribution in [0, 0.1) is 0 Å². The van der Waals surface area contributed by atoms with Crippen molar-refractivity contribution >= 4 is 11.8 Å². The highest BCUT2D eigenvalue weighted by Gasteiger charge is 2.15. The number of benzene rings is 1. The zero-order valence-corrected chi connectivity index (χ0v) is 11.7. The molecule has 0 aliphatic rings. The molecule has 2 atom stereocenters. The number of pyridine rings is 1. The molecule has 3 N–H and O–H groups in total. The minimum absolute atomic E-state index is 0.0234. The predicted molar refractivity (Wildman–Crippen MR) is 80.4 cm³/mol. The summed E-state index contributed by atoms with van der Waals surface area (Å²) in [5, 5.41) is 22.1. The second-order valence-electron chi connectivity index (χ2n) is 4.90. The van der Waals surface area contributed by atoms with Gasteiger partial charge in [0.2, 0.25) is 0 Å². The van der Waals surface area contributed by atoms with E-state index in [1.807, 2.05) is 37.3 Å². The van der Waals surface area contributed by atoms with Crippen molar-refractivity contribution in [2.75, 3.05) is 5.32 Å². The molecule has 0 radical (unpaired) electrons. The van der Waals surface area contributed by atoms with Gasteiger partial charge in [0.25, 0.3) is 0 Å². The zero-order valence-electron chi connectivity index (χ0n) is 11.7. The number of hydrogen-bond donors (Lipinski definition) is 3. The molecule has 0 fully saturated rings. The summed E-state index contributed by atoms with van der Waals surface area (Å²) < 4.78 is 0. The number of aromatic carboxylic acids is 1. The number of carbonyl (C=O) groups is 1. The van der Waals surface area contributed by atoms with Gasteiger partial charge in [-0.25, -0.2) is 9.78 Å². The summed E-state index contributed by atoms with van der Waals surface area (Å²) in [6.45, 7) is 1.84. The number of aromatic nitrogens is 1. The number of carboxylic acid groups (broad SMARTS) is 1. The quantitative estimate of drug-likeness (QED) is 0.758. The standard InChI is InChI=1S/C16H18N2O3/c1-11(14(19)10-12-6-3-2-4-7-12)17-15-9-5-8-13(18-15)16(20)21/h2-9,11,14,19H,10H2,1H3,(H,17,18)(H,20,21). The van der Waals surface area contributed by atoms with Gasteiger partial charge in [-0.15, -0.1) is 0 Å². The molecule has 110 valence electrons. The minimum Gasteiger partial charge on any atom is -0.477 e. The average Bonchev–Trinajstić information content (AvgIpc) is 2.48. The SMILES string of the molecule is CC(Nc1cccc(C(=O)O)n1)C(O)Cc1ccccc1. The van der Waals surface area contributed by atoms with Gasteiger partial charge < -0.3 is 15.5 Å². The highest BCUT2D eigenvalue weighted by atomic mass is 16.4. The van der Waals surface area contributed by atoms with Crippen LogP contribution in [0.25, 0.3) is 0 Å². The third kappa shape index (κ3) is 4.29. The van der Waals surface area contributed by atoms with E-state index in [1.165, 1.54) is 6.07 Å². The molecule has 5 nitrogen and oxygen atoms in total. The fraction of sp³-hybridized carbons (Fsp3) is 0.250. The molecule has 2 unspecified atom stereocenters. The van der Waals surface area contributed by atoms with Gasteiger partial charge in [0, 0.05) is 6.42 Å². The third-order valence-electron chi connectivity index (χ3n) is 3.21. The number of rotatable bonds is 6. The van der Waals surface area contributed by atoms with Crippen molar-refractivity contribution in [3.8, 4) is 0 Å². The second kappa shape index (κ2) is 6.85. The average molecular weight is 286 g/mol. The maximum absolute atomic E-state index is 10.9. The number of anilines is 1. The van der Waals surface area contributed by atoms with E-state index < -0.39 is 12.1 Å². The molecule has 0 saturated heterocycles. The van der Waals surface area contributed by atoms with E-state index in [0.29, 0.717) is 12.2 Å². The van der Waals surface area contributed by atoms with E-state index >= 15 is 0 Å². The molecule has 0 aliphatic carbocycles. The minimum atomic E-state index is -1.07. The van der Waals surface area contributed by atoms with Crippen molar-refractivity contribution in [3.63, 3.8) is 0 Å². The number of nitrogens with one attached hydrogen (secondary N) is 1. The Kier molecular flexibility index (Phi) is 4.90. The third-order valence-corrected chi connectivity index (χ3v) is 3.21. The first-order valence-electron chi connectivity index (χ1n) is 6.75. The maximum Gasteiger partial charge on any atom is 0.354 e. The molecule has 0 bridgehead atoms. The number of hydrogen-bond acceptors (Lipinski definition) is 4. The van der Waals surface area contributed by atoms with E-state index in [1.54, 1.807) is 12.1 Å². The van der Waals surface area contributed by atoms with Crippen LogP contribution < -0.4 is 5.32 Å². The summed E-state index contributed by atoms with van der Waals surface area (Å²) >= 11 is 0. The molecule has 0 spiro atoms. The van der Waals surface area contributed by atoms with Gasteiger partial charge in [-0.3, -0.25) is 0 Å². The summed E-state index contributed by atoms with van der Waals surface area (Å²) in [5.41, 5.74) is 1.02. The Balaban J connectivity index is 1.99. The molecule has 2 rings (SSSR count). The maximum atomic E-state index is 10.9. The van der Waals surface area contributed by atoms with Crippen LogP contribution in [0.3, 0.4) is 0 Å². The molecule has 21 heavy (non-hydrogen) atoms. The lowest BCUT2D eigenvalue weighted by atomic mass is 10.0. The van der Waals surface area contributed by atoms with Gasteiger partial charge in [-0.2, -0.15) is 0 Å². The van der Waals surface area contributed by atoms with E-state index in [9.17, 15) is 9.90 Å². The Morgan fingerprint density at radius 3 is 2.57 bits per heavy atom. The Labute approximate surface area is 123 Å². The van der Waals surface area contributed by atoms with Gasteiger partial charge in [-0.1, -0.05) is 36.4 Å². The molecular weight excluding hydrogens is 268 g/mol. The fourth-order valence-corrected chi connectivity index (χ4v) is 2.00. The summed E-state index contributed by atoms with van der Waals surface area (Å²) in [4.78, 5) is 14.9. The van der Waals surface area contributed by atoms with Crippen LogP contribution in [0.5, 0.6) is 0 Å². The smallest absolute Gasteiger partial charge is 0.354 e. The zero-order chi connectivity index (χ0) is 15.2. The number of carboxylic acids is 1. The van der Waals surface area contributed by atoms with Crippen molar-refractivity contribution in [3.05, 3.63) is 59.8 Å². The van der Waals surface area contributed by atoms with Crippen molar-refractivity contribution in [2.45, 2.75) is 25.5 Å². The molecule has 0 saturated carbocycles. The van der Waals surface area contributed by atoms with Crippen LogP contribution in [-0.2, 0) is 6.42 Å². The van der Waals surface area contributed by atoms with E-state index in [0.717, 1.165) is 5.56 Å². The number of aliphatic hydroxyl groups excluding tert-OH is 1. The summed E-state index contributed by atoms with van der Waals surface area (Å²) in [6, 6.07) is 14.2. The van der Waals surface area contributed by atoms with Crippen LogP contribution in [0.15, 0.2) is 48.5 Å². The predicted octanol–water partition coefficient (Wildman–Crippen LogP) is 2.18. The van der Waals surface area contributed by atoms with E-state index in [-0.39, 0.29) is 11.7 Å². The largest absolute Gasteiger partial charge is 0.477 e. The van der Waals surface area contributed by atoms with Crippen molar-refractivity contribution in [1.29, 1.82) is 0 Å². The molecule has 0 amide bonds. The molecule has 1 aromatic heterocycles. The summed E-state index contributed by atoms with van der Waals surface area (Å²) in [7, 11) is 0. The lowest BCUT2D eigenvalue weighted by molar-refractivity contribution is 0.0690. The van der Waals surface area contributed by atoms with Crippen molar-refractivity contribution in [1.82, 2.24) is 4.98 Å². The highest BCUT2D eigenvalue weighted by Crippen LogP contribution is 2.11. The molecule has 5 heteroatoms. The molecular formula is C16H18N2O3. The van der Waals surface area contributed by atoms with Crippen LogP contribution in [-0.4, -0.2) is 33.3 Å². The molecule has 1 heterocycles. The van der Waals surface area contributed by atoms with Crippen LogP contribution in [0.4, 0.5) is 5.82 Å². The van der Waals surface area contributed by atoms with Crippen LogP contribution in [0.2, 0.25) is 0 Å². The van der Waals surface area contributed by atoms with Gasteiger partial charge >= 0.3 is 5.97 Å². The van der Waals surface area contributed by atoms with Gasteiger partial charge in [-0.05, 0) is 24.6 Å². The van der Waals surface area contributed by atoms with Gasteiger partial charge in [0.15, 0.2) is 5.69 Å². The van der Waals surface area contributed by atoms with E-state index in [2.05, 4.69) is 10.3 Å². The lowest BCUT2D eigenvalue weighted by Crippen LogP contribution is -2.32. The first kappa shape index (κ1) is 15.0. The first-order chi connectivity index (χ1) is 10.1. The van der Waals surface area contributed by atoms with Gasteiger partial charge in [0.05, 0.1) is 12.1 Å². The van der Waals surface area contributed by atoms with Crippen LogP contribution >= 0.6 is 0 Å². The number of nitrogens with zero attached hydrogens (tertiary/aromatic N) is 1. The van der Waals surface area contributed by atoms with Gasteiger partial charge in [0.1, 0.15) is 5.82 Å². The Morgan fingerprint density at radius 2 is 1.90 bits per heavy atom. The second-order valence-corrected chi connectivity index (χ2v) is 4.90. The summed E-state index contributed by atoms with van der Waals surface area (Å²) in [5.74, 6) is -0.634. The molecule has 0 aliphatic heterocycles. The fourth-order valence-electron chi connectivity index (χ4n) is 2.00. The number of aliphatic hydroxyl groups is 1. The highest BCUT2D eigenvalue weighted by molar-refractivity contribution is 5.85.